The van der Waals surface area contributed by atoms with E-state index in [-0.39, 0.29) is 49.0 Å². The highest BCUT2D eigenvalue weighted by Crippen LogP contribution is 2.44. The molecule has 0 radical (unpaired) electrons. The van der Waals surface area contributed by atoms with Crippen LogP contribution >= 0.6 is 0 Å². The molecule has 1 N–H and O–H groups in total. The number of carbonyl (C=O) groups excluding carboxylic acids is 1. The lowest BCUT2D eigenvalue weighted by Crippen LogP contribution is -2.34. The van der Waals surface area contributed by atoms with Crippen LogP contribution in [-0.4, -0.2) is 49.3 Å². The van der Waals surface area contributed by atoms with Crippen LogP contribution in [0.15, 0.2) is 30.3 Å². The first-order valence-corrected chi connectivity index (χ1v) is 11.3. The Morgan fingerprint density at radius 3 is 2.61 bits per heavy atom. The highest BCUT2D eigenvalue weighted by molar-refractivity contribution is 5.70. The lowest BCUT2D eigenvalue weighted by Gasteiger charge is -2.30. The molecule has 1 saturated heterocycles. The maximum absolute atomic E-state index is 12.2. The molecule has 1 aromatic rings. The number of ether oxygens (including phenoxy) is 4. The highest BCUT2D eigenvalue weighted by Gasteiger charge is 2.46. The first kappa shape index (κ1) is 23.7. The fourth-order valence-corrected chi connectivity index (χ4v) is 4.75. The van der Waals surface area contributed by atoms with Crippen molar-refractivity contribution in [2.75, 3.05) is 19.8 Å². The predicted molar refractivity (Wildman–Crippen MR) is 113 cm³/mol. The topological polar surface area (TPSA) is 91.3 Å². The maximum atomic E-state index is 12.2. The van der Waals surface area contributed by atoms with Crippen molar-refractivity contribution in [3.63, 3.8) is 0 Å². The van der Waals surface area contributed by atoms with Gasteiger partial charge in [-0.1, -0.05) is 30.3 Å². The number of carboxylic acids is 1. The van der Waals surface area contributed by atoms with Gasteiger partial charge in [-0.25, -0.2) is 0 Å². The van der Waals surface area contributed by atoms with Gasteiger partial charge in [-0.05, 0) is 50.0 Å². The van der Waals surface area contributed by atoms with Gasteiger partial charge in [-0.3, -0.25) is 9.59 Å². The number of hydrogen-bond donors (Lipinski definition) is 1. The van der Waals surface area contributed by atoms with Crippen LogP contribution in [0.2, 0.25) is 0 Å². The van der Waals surface area contributed by atoms with Gasteiger partial charge in [0.1, 0.15) is 0 Å². The molecule has 5 atom stereocenters. The van der Waals surface area contributed by atoms with Crippen LogP contribution in [0.25, 0.3) is 0 Å². The van der Waals surface area contributed by atoms with E-state index in [4.69, 9.17) is 18.9 Å². The smallest absolute Gasteiger partial charge is 0.306 e. The SMILES string of the molecule is CCOC(=O)CC1CC(OC2CCCCO2)C(COCc2ccccc2)C1CC(=O)O. The van der Waals surface area contributed by atoms with E-state index < -0.39 is 5.97 Å². The van der Waals surface area contributed by atoms with E-state index in [1.807, 2.05) is 30.3 Å². The fourth-order valence-electron chi connectivity index (χ4n) is 4.75. The van der Waals surface area contributed by atoms with Crippen LogP contribution in [0.4, 0.5) is 0 Å². The third-order valence-corrected chi connectivity index (χ3v) is 6.20. The summed E-state index contributed by atoms with van der Waals surface area (Å²) in [6.07, 6.45) is 3.22. The van der Waals surface area contributed by atoms with Crippen molar-refractivity contribution < 1.29 is 33.6 Å². The number of carbonyl (C=O) groups is 2. The summed E-state index contributed by atoms with van der Waals surface area (Å²) in [7, 11) is 0. The van der Waals surface area contributed by atoms with Gasteiger partial charge >= 0.3 is 11.9 Å². The summed E-state index contributed by atoms with van der Waals surface area (Å²) in [4.78, 5) is 23.8. The van der Waals surface area contributed by atoms with Crippen molar-refractivity contribution in [2.45, 2.75) is 64.4 Å². The third-order valence-electron chi connectivity index (χ3n) is 6.20. The molecule has 0 spiro atoms. The monoisotopic (exact) mass is 434 g/mol. The van der Waals surface area contributed by atoms with E-state index in [1.165, 1.54) is 0 Å². The Hall–Kier alpha value is -1.96. The van der Waals surface area contributed by atoms with Crippen LogP contribution in [0, 0.1) is 17.8 Å². The number of carboxylic acid groups (broad SMARTS) is 1. The standard InChI is InChI=1S/C24H34O7/c1-2-29-23(27)13-18-12-21(31-24-10-6-7-11-30-24)20(19(18)14-22(25)26)16-28-15-17-8-4-3-5-9-17/h3-5,8-9,18-21,24H,2,6-7,10-16H2,1H3,(H,25,26). The number of hydrogen-bond acceptors (Lipinski definition) is 6. The maximum Gasteiger partial charge on any atom is 0.306 e. The summed E-state index contributed by atoms with van der Waals surface area (Å²) in [5.74, 6) is -1.62. The van der Waals surface area contributed by atoms with Gasteiger partial charge in [0.15, 0.2) is 6.29 Å². The van der Waals surface area contributed by atoms with Gasteiger partial charge in [0, 0.05) is 25.4 Å². The Balaban J connectivity index is 1.70. The molecule has 5 unspecified atom stereocenters. The molecule has 2 aliphatic rings. The zero-order valence-electron chi connectivity index (χ0n) is 18.2. The Morgan fingerprint density at radius 2 is 1.94 bits per heavy atom. The van der Waals surface area contributed by atoms with Crippen LogP contribution in [0.1, 0.15) is 51.0 Å². The normalized spacial score (nSPS) is 28.4. The van der Waals surface area contributed by atoms with Gasteiger partial charge in [0.2, 0.25) is 0 Å². The minimum absolute atomic E-state index is 0.0190. The summed E-state index contributed by atoms with van der Waals surface area (Å²) >= 11 is 0. The van der Waals surface area contributed by atoms with Gasteiger partial charge in [-0.2, -0.15) is 0 Å². The van der Waals surface area contributed by atoms with Crippen molar-refractivity contribution in [3.05, 3.63) is 35.9 Å². The molecule has 1 aliphatic heterocycles. The first-order chi connectivity index (χ1) is 15.1. The molecule has 31 heavy (non-hydrogen) atoms. The van der Waals surface area contributed by atoms with Gasteiger partial charge in [-0.15, -0.1) is 0 Å². The zero-order chi connectivity index (χ0) is 22.1. The quantitative estimate of drug-likeness (QED) is 0.530. The fraction of sp³-hybridized carbons (Fsp3) is 0.667. The molecule has 0 aromatic heterocycles. The Labute approximate surface area is 184 Å². The van der Waals surface area contributed by atoms with Gasteiger partial charge < -0.3 is 24.1 Å². The van der Waals surface area contributed by atoms with Crippen LogP contribution in [-0.2, 0) is 35.1 Å². The average Bonchev–Trinajstić information content (AvgIpc) is 3.05. The molecule has 1 aromatic carbocycles. The second-order valence-corrected chi connectivity index (χ2v) is 8.40. The second-order valence-electron chi connectivity index (χ2n) is 8.40. The molecular weight excluding hydrogens is 400 g/mol. The summed E-state index contributed by atoms with van der Waals surface area (Å²) in [5, 5.41) is 9.54. The lowest BCUT2D eigenvalue weighted by molar-refractivity contribution is -0.199. The Bertz CT molecular complexity index is 686. The van der Waals surface area contributed by atoms with Gasteiger partial charge in [0.25, 0.3) is 0 Å². The number of rotatable bonds is 11. The Kier molecular flexibility index (Phi) is 9.31. The minimum Gasteiger partial charge on any atom is -0.481 e. The van der Waals surface area contributed by atoms with E-state index in [0.717, 1.165) is 24.8 Å². The van der Waals surface area contributed by atoms with E-state index >= 15 is 0 Å². The van der Waals surface area contributed by atoms with Crippen molar-refractivity contribution in [3.8, 4) is 0 Å². The largest absolute Gasteiger partial charge is 0.481 e. The summed E-state index contributed by atoms with van der Waals surface area (Å²) in [5.41, 5.74) is 1.06. The number of esters is 1. The van der Waals surface area contributed by atoms with Crippen LogP contribution < -0.4 is 0 Å². The van der Waals surface area contributed by atoms with Crippen LogP contribution in [0.5, 0.6) is 0 Å². The molecule has 1 aliphatic carbocycles. The average molecular weight is 435 g/mol. The molecule has 2 fully saturated rings. The molecule has 7 nitrogen and oxygen atoms in total. The summed E-state index contributed by atoms with van der Waals surface area (Å²) in [6, 6.07) is 9.87. The highest BCUT2D eigenvalue weighted by atomic mass is 16.7. The number of benzene rings is 1. The molecule has 0 bridgehead atoms. The van der Waals surface area contributed by atoms with Gasteiger partial charge in [0.05, 0.1) is 25.9 Å². The third kappa shape index (κ3) is 7.30. The predicted octanol–water partition coefficient (Wildman–Crippen LogP) is 3.80. The molecule has 1 saturated carbocycles. The zero-order valence-corrected chi connectivity index (χ0v) is 18.2. The second kappa shape index (κ2) is 12.2. The lowest BCUT2D eigenvalue weighted by atomic mass is 9.85. The molecule has 3 rings (SSSR count). The van der Waals surface area contributed by atoms with E-state index in [9.17, 15) is 14.7 Å². The molecule has 172 valence electrons. The van der Waals surface area contributed by atoms with E-state index in [1.54, 1.807) is 6.92 Å². The van der Waals surface area contributed by atoms with Crippen molar-refractivity contribution in [2.24, 2.45) is 17.8 Å². The molecule has 0 amide bonds. The summed E-state index contributed by atoms with van der Waals surface area (Å²) in [6.45, 7) is 3.59. The van der Waals surface area contributed by atoms with Crippen LogP contribution in [0.3, 0.4) is 0 Å². The number of aliphatic carboxylic acids is 1. The molecule has 7 heteroatoms. The Morgan fingerprint density at radius 1 is 1.13 bits per heavy atom. The summed E-state index contributed by atoms with van der Waals surface area (Å²) < 4.78 is 23.2. The van der Waals surface area contributed by atoms with E-state index in [2.05, 4.69) is 0 Å². The first-order valence-electron chi connectivity index (χ1n) is 11.3. The van der Waals surface area contributed by atoms with Crippen molar-refractivity contribution in [1.29, 1.82) is 0 Å². The molecular formula is C24H34O7. The van der Waals surface area contributed by atoms with Crippen molar-refractivity contribution >= 4 is 11.9 Å². The van der Waals surface area contributed by atoms with Crippen molar-refractivity contribution in [1.82, 2.24) is 0 Å². The molecule has 1 heterocycles. The minimum atomic E-state index is -0.874. The van der Waals surface area contributed by atoms with E-state index in [0.29, 0.717) is 32.8 Å².